The van der Waals surface area contributed by atoms with Crippen LogP contribution in [-0.2, 0) is 4.74 Å². The van der Waals surface area contributed by atoms with E-state index in [1.807, 2.05) is 0 Å². The largest absolute Gasteiger partial charge is 0.369 e. The molecule has 0 radical (unpaired) electrons. The molecule has 174 valence electrons. The van der Waals surface area contributed by atoms with Crippen molar-refractivity contribution < 1.29 is 19.2 Å². The zero-order valence-corrected chi connectivity index (χ0v) is 18.5. The van der Waals surface area contributed by atoms with Gasteiger partial charge in [0.25, 0.3) is 17.5 Å². The van der Waals surface area contributed by atoms with Crippen LogP contribution in [0, 0.1) is 10.1 Å². The van der Waals surface area contributed by atoms with Crippen LogP contribution in [0.4, 0.5) is 17.1 Å². The van der Waals surface area contributed by atoms with Gasteiger partial charge in [0.15, 0.2) is 0 Å². The molecule has 2 aromatic carbocycles. The number of morpholine rings is 1. The minimum absolute atomic E-state index is 0.171. The standard InChI is InChI=1S/C23H20ClN5O5/c24-15-4-5-20(29(32)33)18(11-15)23(31)28-17-3-1-2-16(12-17)27-22(30)14-6-7-26-19(10-14)21-13-25-8-9-34-21/h1-7,10-12,21,25H,8-9,13H2,(H,27,30)(H,28,31). The molecule has 1 aliphatic rings. The van der Waals surface area contributed by atoms with Crippen LogP contribution in [0.3, 0.4) is 0 Å². The van der Waals surface area contributed by atoms with E-state index in [-0.39, 0.29) is 28.3 Å². The Bertz CT molecular complexity index is 1250. The highest BCUT2D eigenvalue weighted by Gasteiger charge is 2.21. The number of nitro benzene ring substituents is 1. The minimum atomic E-state index is -0.697. The lowest BCUT2D eigenvalue weighted by molar-refractivity contribution is -0.385. The number of carbonyl (C=O) groups is 2. The molecule has 1 fully saturated rings. The second-order valence-corrected chi connectivity index (χ2v) is 7.88. The van der Waals surface area contributed by atoms with Crippen LogP contribution < -0.4 is 16.0 Å². The number of hydrogen-bond acceptors (Lipinski definition) is 7. The highest BCUT2D eigenvalue weighted by molar-refractivity contribution is 6.31. The van der Waals surface area contributed by atoms with Gasteiger partial charge < -0.3 is 20.7 Å². The molecule has 10 nitrogen and oxygen atoms in total. The summed E-state index contributed by atoms with van der Waals surface area (Å²) >= 11 is 5.90. The minimum Gasteiger partial charge on any atom is -0.369 e. The number of nitro groups is 1. The van der Waals surface area contributed by atoms with Crippen molar-refractivity contribution in [3.8, 4) is 0 Å². The van der Waals surface area contributed by atoms with E-state index in [2.05, 4.69) is 20.9 Å². The highest BCUT2D eigenvalue weighted by atomic mass is 35.5. The average molecular weight is 482 g/mol. The smallest absolute Gasteiger partial charge is 0.282 e. The van der Waals surface area contributed by atoms with Gasteiger partial charge in [-0.05, 0) is 42.5 Å². The number of carbonyl (C=O) groups excluding carboxylic acids is 2. The summed E-state index contributed by atoms with van der Waals surface area (Å²) in [6, 6.07) is 13.5. The molecule has 1 unspecified atom stereocenters. The average Bonchev–Trinajstić information content (AvgIpc) is 2.84. The van der Waals surface area contributed by atoms with Gasteiger partial charge in [0, 0.05) is 47.3 Å². The molecule has 34 heavy (non-hydrogen) atoms. The normalized spacial score (nSPS) is 15.4. The molecule has 3 N–H and O–H groups in total. The first-order valence-corrected chi connectivity index (χ1v) is 10.7. The fourth-order valence-corrected chi connectivity index (χ4v) is 3.62. The molecule has 0 saturated carbocycles. The molecule has 2 amide bonds. The van der Waals surface area contributed by atoms with Crippen LogP contribution >= 0.6 is 11.6 Å². The number of halogens is 1. The van der Waals surface area contributed by atoms with Crippen molar-refractivity contribution in [2.45, 2.75) is 6.10 Å². The van der Waals surface area contributed by atoms with Gasteiger partial charge in [0.1, 0.15) is 11.7 Å². The van der Waals surface area contributed by atoms with E-state index in [0.717, 1.165) is 6.54 Å². The molecule has 3 aromatic rings. The molecule has 0 bridgehead atoms. The number of hydrogen-bond donors (Lipinski definition) is 3. The summed E-state index contributed by atoms with van der Waals surface area (Å²) in [5, 5.41) is 20.0. The zero-order valence-electron chi connectivity index (χ0n) is 17.8. The monoisotopic (exact) mass is 481 g/mol. The van der Waals surface area contributed by atoms with Crippen LogP contribution in [0.2, 0.25) is 5.02 Å². The number of pyridine rings is 1. The van der Waals surface area contributed by atoms with Crippen molar-refractivity contribution in [1.82, 2.24) is 10.3 Å². The van der Waals surface area contributed by atoms with Crippen molar-refractivity contribution in [2.24, 2.45) is 0 Å². The number of nitrogens with zero attached hydrogens (tertiary/aromatic N) is 2. The number of benzene rings is 2. The van der Waals surface area contributed by atoms with Crippen molar-refractivity contribution in [3.05, 3.63) is 92.8 Å². The first-order chi connectivity index (χ1) is 16.4. The van der Waals surface area contributed by atoms with Crippen LogP contribution in [-0.4, -0.2) is 41.4 Å². The van der Waals surface area contributed by atoms with Crippen molar-refractivity contribution in [2.75, 3.05) is 30.3 Å². The predicted molar refractivity (Wildman–Crippen MR) is 126 cm³/mol. The molecule has 4 rings (SSSR count). The highest BCUT2D eigenvalue weighted by Crippen LogP contribution is 2.25. The Hall–Kier alpha value is -3.86. The third-order valence-corrected chi connectivity index (χ3v) is 5.31. The Morgan fingerprint density at radius 2 is 1.85 bits per heavy atom. The van der Waals surface area contributed by atoms with E-state index in [9.17, 15) is 19.7 Å². The number of aromatic nitrogens is 1. The lowest BCUT2D eigenvalue weighted by atomic mass is 10.1. The van der Waals surface area contributed by atoms with Gasteiger partial charge in [-0.2, -0.15) is 0 Å². The third kappa shape index (κ3) is 5.54. The SMILES string of the molecule is O=C(Nc1cccc(NC(=O)c2cc(Cl)ccc2[N+](=O)[O-])c1)c1ccnc(C2CNCCO2)c1. The summed E-state index contributed by atoms with van der Waals surface area (Å²) in [6.45, 7) is 1.96. The summed E-state index contributed by atoms with van der Waals surface area (Å²) in [4.78, 5) is 40.3. The second-order valence-electron chi connectivity index (χ2n) is 7.44. The summed E-state index contributed by atoms with van der Waals surface area (Å²) in [6.07, 6.45) is 1.33. The van der Waals surface area contributed by atoms with E-state index >= 15 is 0 Å². The van der Waals surface area contributed by atoms with Crippen LogP contribution in [0.1, 0.15) is 32.5 Å². The van der Waals surface area contributed by atoms with Crippen LogP contribution in [0.25, 0.3) is 0 Å². The number of amides is 2. The molecule has 1 saturated heterocycles. The maximum Gasteiger partial charge on any atom is 0.282 e. The quantitative estimate of drug-likeness (QED) is 0.360. The molecule has 0 spiro atoms. The van der Waals surface area contributed by atoms with Gasteiger partial charge in [-0.25, -0.2) is 0 Å². The van der Waals surface area contributed by atoms with Crippen LogP contribution in [0.5, 0.6) is 0 Å². The maximum atomic E-state index is 12.8. The van der Waals surface area contributed by atoms with E-state index in [0.29, 0.717) is 35.8 Å². The van der Waals surface area contributed by atoms with E-state index in [4.69, 9.17) is 16.3 Å². The topological polar surface area (TPSA) is 135 Å². The molecular weight excluding hydrogens is 462 g/mol. The molecule has 11 heteroatoms. The molecule has 0 aliphatic carbocycles. The maximum absolute atomic E-state index is 12.8. The molecule has 1 atom stereocenters. The van der Waals surface area contributed by atoms with Gasteiger partial charge in [0.2, 0.25) is 0 Å². The summed E-state index contributed by atoms with van der Waals surface area (Å²) < 4.78 is 5.69. The Morgan fingerprint density at radius 1 is 1.09 bits per heavy atom. The van der Waals surface area contributed by atoms with Crippen LogP contribution in [0.15, 0.2) is 60.8 Å². The van der Waals surface area contributed by atoms with Crippen molar-refractivity contribution in [1.29, 1.82) is 0 Å². The number of nitrogens with one attached hydrogen (secondary N) is 3. The van der Waals surface area contributed by atoms with Gasteiger partial charge in [-0.15, -0.1) is 0 Å². The Labute approximate surface area is 199 Å². The van der Waals surface area contributed by atoms with Crippen molar-refractivity contribution >= 4 is 40.5 Å². The molecule has 1 aliphatic heterocycles. The number of rotatable bonds is 6. The Morgan fingerprint density at radius 3 is 2.56 bits per heavy atom. The van der Waals surface area contributed by atoms with Gasteiger partial charge in [-0.1, -0.05) is 17.7 Å². The Balaban J connectivity index is 1.47. The van der Waals surface area contributed by atoms with E-state index < -0.39 is 10.8 Å². The van der Waals surface area contributed by atoms with Gasteiger partial charge in [-0.3, -0.25) is 24.7 Å². The molecule has 1 aromatic heterocycles. The molecule has 2 heterocycles. The fraction of sp³-hybridized carbons (Fsp3) is 0.174. The van der Waals surface area contributed by atoms with Crippen molar-refractivity contribution in [3.63, 3.8) is 0 Å². The summed E-state index contributed by atoms with van der Waals surface area (Å²) in [5.74, 6) is -1.06. The lowest BCUT2D eigenvalue weighted by Crippen LogP contribution is -2.33. The number of ether oxygens (including phenoxy) is 1. The fourth-order valence-electron chi connectivity index (χ4n) is 3.45. The second kappa shape index (κ2) is 10.4. The van der Waals surface area contributed by atoms with E-state index in [1.54, 1.807) is 42.6 Å². The summed E-state index contributed by atoms with van der Waals surface area (Å²) in [5.41, 5.74) is 1.30. The Kier molecular flexibility index (Phi) is 7.12. The van der Waals surface area contributed by atoms with E-state index in [1.165, 1.54) is 18.2 Å². The molecular formula is C23H20ClN5O5. The third-order valence-electron chi connectivity index (χ3n) is 5.08. The number of anilines is 2. The summed E-state index contributed by atoms with van der Waals surface area (Å²) in [7, 11) is 0. The predicted octanol–water partition coefficient (Wildman–Crippen LogP) is 3.81. The van der Waals surface area contributed by atoms with Gasteiger partial charge in [0.05, 0.1) is 17.2 Å². The first kappa shape index (κ1) is 23.3. The zero-order chi connectivity index (χ0) is 24.1. The first-order valence-electron chi connectivity index (χ1n) is 10.4. The van der Waals surface area contributed by atoms with Gasteiger partial charge >= 0.3 is 0 Å². The lowest BCUT2D eigenvalue weighted by Gasteiger charge is -2.23.